The first-order valence-corrected chi connectivity index (χ1v) is 7.61. The van der Waals surface area contributed by atoms with E-state index in [1.54, 1.807) is 0 Å². The van der Waals surface area contributed by atoms with E-state index in [-0.39, 0.29) is 4.75 Å². The summed E-state index contributed by atoms with van der Waals surface area (Å²) in [6, 6.07) is 0.559. The Bertz CT molecular complexity index is 265. The molecule has 2 aliphatic rings. The molecule has 92 valence electrons. The molecule has 1 amide bonds. The van der Waals surface area contributed by atoms with E-state index in [9.17, 15) is 4.79 Å². The predicted molar refractivity (Wildman–Crippen MR) is 69.7 cm³/mol. The molecule has 2 saturated heterocycles. The van der Waals surface area contributed by atoms with Crippen molar-refractivity contribution in [1.29, 1.82) is 0 Å². The minimum atomic E-state index is -0.130. The van der Waals surface area contributed by atoms with E-state index >= 15 is 0 Å². The summed E-state index contributed by atoms with van der Waals surface area (Å²) in [7, 11) is 0. The second-order valence-corrected chi connectivity index (χ2v) is 6.86. The van der Waals surface area contributed by atoms with Gasteiger partial charge in [-0.05, 0) is 38.4 Å². The molecule has 0 radical (unpaired) electrons. The van der Waals surface area contributed by atoms with E-state index in [2.05, 4.69) is 18.7 Å². The van der Waals surface area contributed by atoms with Crippen molar-refractivity contribution in [2.24, 2.45) is 0 Å². The molecule has 0 aromatic rings. The monoisotopic (exact) mass is 241 g/mol. The summed E-state index contributed by atoms with van der Waals surface area (Å²) in [6.07, 6.45) is 7.07. The minimum absolute atomic E-state index is 0.130. The molecule has 0 aliphatic carbocycles. The number of hydrogen-bond donors (Lipinski definition) is 0. The summed E-state index contributed by atoms with van der Waals surface area (Å²) in [6.45, 7) is 5.37. The third kappa shape index (κ3) is 2.24. The van der Waals surface area contributed by atoms with Crippen LogP contribution in [0.15, 0.2) is 0 Å². The zero-order valence-electron chi connectivity index (χ0n) is 10.5. The lowest BCUT2D eigenvalue weighted by atomic mass is 10.0. The van der Waals surface area contributed by atoms with E-state index in [1.807, 2.05) is 11.8 Å². The Hall–Kier alpha value is -0.180. The van der Waals surface area contributed by atoms with Gasteiger partial charge in [0.1, 0.15) is 0 Å². The lowest BCUT2D eigenvalue weighted by molar-refractivity contribution is -0.134. The maximum atomic E-state index is 12.6. The molecule has 0 N–H and O–H groups in total. The van der Waals surface area contributed by atoms with E-state index in [1.165, 1.54) is 32.1 Å². The van der Waals surface area contributed by atoms with Gasteiger partial charge in [-0.15, -0.1) is 11.8 Å². The minimum Gasteiger partial charge on any atom is -0.338 e. The number of hydrogen-bond acceptors (Lipinski definition) is 2. The fraction of sp³-hybridized carbons (Fsp3) is 0.923. The SMILES string of the molecule is CCCC[C@]1(C)SCCC2CCCN2C1=O. The van der Waals surface area contributed by atoms with Crippen LogP contribution in [0.25, 0.3) is 0 Å². The van der Waals surface area contributed by atoms with Crippen molar-refractivity contribution >= 4 is 17.7 Å². The second-order valence-electron chi connectivity index (χ2n) is 5.27. The molecule has 0 saturated carbocycles. The van der Waals surface area contributed by atoms with Crippen LogP contribution in [0, 0.1) is 0 Å². The topological polar surface area (TPSA) is 20.3 Å². The molecule has 0 bridgehead atoms. The number of unbranched alkanes of at least 4 members (excludes halogenated alkanes) is 1. The highest BCUT2D eigenvalue weighted by atomic mass is 32.2. The Morgan fingerprint density at radius 3 is 3.06 bits per heavy atom. The molecule has 2 nitrogen and oxygen atoms in total. The Labute approximate surface area is 103 Å². The molecule has 2 atom stereocenters. The molecule has 2 fully saturated rings. The third-order valence-corrected chi connectivity index (χ3v) is 5.43. The number of rotatable bonds is 3. The Kier molecular flexibility index (Phi) is 3.83. The summed E-state index contributed by atoms with van der Waals surface area (Å²) in [4.78, 5) is 14.7. The highest BCUT2D eigenvalue weighted by Gasteiger charge is 2.43. The number of carbonyl (C=O) groups excluding carboxylic acids is 1. The zero-order valence-corrected chi connectivity index (χ0v) is 11.3. The van der Waals surface area contributed by atoms with Crippen LogP contribution in [-0.4, -0.2) is 33.9 Å². The van der Waals surface area contributed by atoms with Gasteiger partial charge in [-0.3, -0.25) is 4.79 Å². The summed E-state index contributed by atoms with van der Waals surface area (Å²) in [5.41, 5.74) is 0. The van der Waals surface area contributed by atoms with E-state index in [0.717, 1.165) is 18.7 Å². The van der Waals surface area contributed by atoms with Crippen molar-refractivity contribution in [2.75, 3.05) is 12.3 Å². The molecule has 16 heavy (non-hydrogen) atoms. The molecular formula is C13H23NOS. The van der Waals surface area contributed by atoms with E-state index in [4.69, 9.17) is 0 Å². The summed E-state index contributed by atoms with van der Waals surface area (Å²) < 4.78 is -0.130. The second kappa shape index (κ2) is 4.99. The van der Waals surface area contributed by atoms with Crippen LogP contribution < -0.4 is 0 Å². The molecule has 0 aromatic heterocycles. The lowest BCUT2D eigenvalue weighted by Crippen LogP contribution is -2.45. The maximum Gasteiger partial charge on any atom is 0.238 e. The van der Waals surface area contributed by atoms with Crippen molar-refractivity contribution < 1.29 is 4.79 Å². The van der Waals surface area contributed by atoms with Crippen molar-refractivity contribution in [3.8, 4) is 0 Å². The number of carbonyl (C=O) groups is 1. The standard InChI is InChI=1S/C13H23NOS/c1-3-4-8-13(2)12(15)14-9-5-6-11(14)7-10-16-13/h11H,3-10H2,1-2H3/t11?,13-/m0/s1. The lowest BCUT2D eigenvalue weighted by Gasteiger charge is -2.31. The van der Waals surface area contributed by atoms with Gasteiger partial charge in [0.25, 0.3) is 0 Å². The summed E-state index contributed by atoms with van der Waals surface area (Å²) >= 11 is 1.90. The first-order chi connectivity index (χ1) is 7.67. The molecule has 0 spiro atoms. The molecule has 2 heterocycles. The quantitative estimate of drug-likeness (QED) is 0.757. The van der Waals surface area contributed by atoms with Gasteiger partial charge in [0, 0.05) is 12.6 Å². The van der Waals surface area contributed by atoms with Crippen molar-refractivity contribution in [1.82, 2.24) is 4.90 Å². The third-order valence-electron chi connectivity index (χ3n) is 3.97. The normalized spacial score (nSPS) is 35.0. The fourth-order valence-corrected chi connectivity index (χ4v) is 4.25. The molecule has 3 heteroatoms. The summed E-state index contributed by atoms with van der Waals surface area (Å²) in [5, 5.41) is 0. The van der Waals surface area contributed by atoms with Gasteiger partial charge in [0.15, 0.2) is 0 Å². The highest BCUT2D eigenvalue weighted by molar-refractivity contribution is 8.01. The van der Waals surface area contributed by atoms with Crippen LogP contribution in [0.2, 0.25) is 0 Å². The zero-order chi connectivity index (χ0) is 11.6. The number of fused-ring (bicyclic) bond motifs is 1. The summed E-state index contributed by atoms with van der Waals surface area (Å²) in [5.74, 6) is 1.58. The van der Waals surface area contributed by atoms with E-state index in [0.29, 0.717) is 11.9 Å². The van der Waals surface area contributed by atoms with Gasteiger partial charge in [-0.2, -0.15) is 0 Å². The Morgan fingerprint density at radius 1 is 1.50 bits per heavy atom. The fourth-order valence-electron chi connectivity index (χ4n) is 2.88. The number of nitrogens with zero attached hydrogens (tertiary/aromatic N) is 1. The molecule has 1 unspecified atom stereocenters. The average molecular weight is 241 g/mol. The van der Waals surface area contributed by atoms with Crippen LogP contribution in [-0.2, 0) is 4.79 Å². The smallest absolute Gasteiger partial charge is 0.238 e. The largest absolute Gasteiger partial charge is 0.338 e. The first kappa shape index (κ1) is 12.3. The van der Waals surface area contributed by atoms with Crippen molar-refractivity contribution in [3.05, 3.63) is 0 Å². The van der Waals surface area contributed by atoms with Crippen LogP contribution >= 0.6 is 11.8 Å². The van der Waals surface area contributed by atoms with Gasteiger partial charge in [-0.25, -0.2) is 0 Å². The van der Waals surface area contributed by atoms with Gasteiger partial charge >= 0.3 is 0 Å². The van der Waals surface area contributed by atoms with Crippen LogP contribution in [0.1, 0.15) is 52.4 Å². The number of thioether (sulfide) groups is 1. The van der Waals surface area contributed by atoms with E-state index < -0.39 is 0 Å². The van der Waals surface area contributed by atoms with Crippen LogP contribution in [0.5, 0.6) is 0 Å². The van der Waals surface area contributed by atoms with Crippen LogP contribution in [0.4, 0.5) is 0 Å². The maximum absolute atomic E-state index is 12.6. The van der Waals surface area contributed by atoms with Gasteiger partial charge in [0.2, 0.25) is 5.91 Å². The van der Waals surface area contributed by atoms with Gasteiger partial charge < -0.3 is 4.90 Å². The Balaban J connectivity index is 2.10. The molecule has 2 rings (SSSR count). The molecular weight excluding hydrogens is 218 g/mol. The van der Waals surface area contributed by atoms with Crippen LogP contribution in [0.3, 0.4) is 0 Å². The predicted octanol–water partition coefficient (Wildman–Crippen LogP) is 3.06. The van der Waals surface area contributed by atoms with Crippen molar-refractivity contribution in [2.45, 2.75) is 63.2 Å². The number of amides is 1. The Morgan fingerprint density at radius 2 is 2.31 bits per heavy atom. The van der Waals surface area contributed by atoms with Gasteiger partial charge in [-0.1, -0.05) is 19.8 Å². The highest BCUT2D eigenvalue weighted by Crippen LogP contribution is 2.39. The first-order valence-electron chi connectivity index (χ1n) is 6.62. The average Bonchev–Trinajstić information content (AvgIpc) is 2.69. The van der Waals surface area contributed by atoms with Crippen molar-refractivity contribution in [3.63, 3.8) is 0 Å². The molecule has 2 aliphatic heterocycles. The van der Waals surface area contributed by atoms with Gasteiger partial charge in [0.05, 0.1) is 4.75 Å². The molecule has 0 aromatic carbocycles.